The van der Waals surface area contributed by atoms with Crippen molar-refractivity contribution in [3.63, 3.8) is 0 Å². The number of halogens is 2. The molecule has 0 bridgehead atoms. The summed E-state index contributed by atoms with van der Waals surface area (Å²) < 4.78 is 13.8. The van der Waals surface area contributed by atoms with Gasteiger partial charge in [0.2, 0.25) is 5.91 Å². The molecule has 0 radical (unpaired) electrons. The topological polar surface area (TPSA) is 32.3 Å². The van der Waals surface area contributed by atoms with Gasteiger partial charge in [-0.1, -0.05) is 17.7 Å². The van der Waals surface area contributed by atoms with Crippen molar-refractivity contribution >= 4 is 17.5 Å². The number of carbonyl (C=O) groups is 1. The van der Waals surface area contributed by atoms with Gasteiger partial charge in [-0.15, -0.1) is 0 Å². The molecule has 110 valence electrons. The monoisotopic (exact) mass is 298 g/mol. The number of nitrogens with zero attached hydrogens (tertiary/aromatic N) is 1. The number of benzene rings is 1. The van der Waals surface area contributed by atoms with Crippen LogP contribution in [-0.2, 0) is 11.2 Å². The van der Waals surface area contributed by atoms with Crippen molar-refractivity contribution in [1.82, 2.24) is 10.2 Å². The Balaban J connectivity index is 2.06. The fraction of sp³-hybridized carbons (Fsp3) is 0.533. The van der Waals surface area contributed by atoms with E-state index in [1.54, 1.807) is 12.1 Å². The van der Waals surface area contributed by atoms with E-state index >= 15 is 0 Å². The minimum atomic E-state index is -0.285. The lowest BCUT2D eigenvalue weighted by Gasteiger charge is -2.25. The smallest absolute Gasteiger partial charge is 0.224 e. The van der Waals surface area contributed by atoms with Crippen molar-refractivity contribution < 1.29 is 9.18 Å². The number of nitrogens with one attached hydrogen (secondary N) is 1. The van der Waals surface area contributed by atoms with E-state index in [1.807, 2.05) is 11.9 Å². The van der Waals surface area contributed by atoms with Crippen LogP contribution >= 0.6 is 11.6 Å². The van der Waals surface area contributed by atoms with Crippen molar-refractivity contribution in [2.24, 2.45) is 0 Å². The van der Waals surface area contributed by atoms with Gasteiger partial charge in [0, 0.05) is 36.1 Å². The second-order valence-corrected chi connectivity index (χ2v) is 5.55. The molecule has 5 heteroatoms. The van der Waals surface area contributed by atoms with Gasteiger partial charge in [-0.2, -0.15) is 0 Å². The Hall–Kier alpha value is -1.13. The SMILES string of the molecule is CNCCC(=O)N1CCCC1Cc1c(F)cccc1Cl. The van der Waals surface area contributed by atoms with Crippen molar-refractivity contribution in [3.8, 4) is 0 Å². The maximum atomic E-state index is 13.8. The summed E-state index contributed by atoms with van der Waals surface area (Å²) in [5, 5.41) is 3.42. The van der Waals surface area contributed by atoms with Crippen LogP contribution in [0, 0.1) is 5.82 Å². The fourth-order valence-electron chi connectivity index (χ4n) is 2.71. The molecule has 1 aromatic rings. The predicted octanol–water partition coefficient (Wildman–Crippen LogP) is 2.62. The molecule has 1 aromatic carbocycles. The standard InChI is InChI=1S/C15H20ClFN2O/c1-18-8-7-15(20)19-9-3-4-11(19)10-12-13(16)5-2-6-14(12)17/h2,5-6,11,18H,3-4,7-10H2,1H3. The first-order chi connectivity index (χ1) is 9.63. The predicted molar refractivity (Wildman–Crippen MR) is 78.4 cm³/mol. The third kappa shape index (κ3) is 3.49. The average molecular weight is 299 g/mol. The molecule has 1 unspecified atom stereocenters. The van der Waals surface area contributed by atoms with Crippen LogP contribution in [0.2, 0.25) is 5.02 Å². The van der Waals surface area contributed by atoms with Gasteiger partial charge in [0.1, 0.15) is 5.82 Å². The molecule has 1 aliphatic heterocycles. The van der Waals surface area contributed by atoms with Crippen molar-refractivity contribution in [3.05, 3.63) is 34.6 Å². The minimum absolute atomic E-state index is 0.0637. The summed E-state index contributed by atoms with van der Waals surface area (Å²) in [6.07, 6.45) is 2.87. The Kier molecular flexibility index (Phi) is 5.38. The van der Waals surface area contributed by atoms with E-state index in [2.05, 4.69) is 5.32 Å². The zero-order chi connectivity index (χ0) is 14.5. The van der Waals surface area contributed by atoms with E-state index in [-0.39, 0.29) is 17.8 Å². The van der Waals surface area contributed by atoms with Crippen LogP contribution in [0.25, 0.3) is 0 Å². The summed E-state index contributed by atoms with van der Waals surface area (Å²) in [6.45, 7) is 1.43. The van der Waals surface area contributed by atoms with Crippen molar-refractivity contribution in [2.75, 3.05) is 20.1 Å². The Bertz CT molecular complexity index is 461. The lowest BCUT2D eigenvalue weighted by atomic mass is 10.0. The average Bonchev–Trinajstić information content (AvgIpc) is 2.88. The van der Waals surface area contributed by atoms with Crippen LogP contribution in [0.5, 0.6) is 0 Å². The molecule has 1 aliphatic rings. The van der Waals surface area contributed by atoms with Gasteiger partial charge >= 0.3 is 0 Å². The maximum absolute atomic E-state index is 13.8. The molecule has 1 heterocycles. The van der Waals surface area contributed by atoms with E-state index in [0.29, 0.717) is 30.0 Å². The first kappa shape index (κ1) is 15.3. The number of hydrogen-bond acceptors (Lipinski definition) is 2. The highest BCUT2D eigenvalue weighted by Crippen LogP contribution is 2.27. The molecular weight excluding hydrogens is 279 g/mol. The lowest BCUT2D eigenvalue weighted by Crippen LogP contribution is -2.38. The molecule has 1 fully saturated rings. The van der Waals surface area contributed by atoms with E-state index in [1.165, 1.54) is 6.07 Å². The lowest BCUT2D eigenvalue weighted by molar-refractivity contribution is -0.131. The van der Waals surface area contributed by atoms with Crippen LogP contribution in [0.4, 0.5) is 4.39 Å². The first-order valence-corrected chi connectivity index (χ1v) is 7.38. The Morgan fingerprint density at radius 2 is 2.35 bits per heavy atom. The number of amides is 1. The summed E-state index contributed by atoms with van der Waals surface area (Å²) in [5.41, 5.74) is 0.521. The molecule has 1 saturated heterocycles. The molecule has 0 spiro atoms. The Morgan fingerprint density at radius 1 is 1.55 bits per heavy atom. The quantitative estimate of drug-likeness (QED) is 0.906. The van der Waals surface area contributed by atoms with Gasteiger partial charge in [-0.05, 0) is 38.4 Å². The molecule has 0 aromatic heterocycles. The van der Waals surface area contributed by atoms with Crippen LogP contribution < -0.4 is 5.32 Å². The highest BCUT2D eigenvalue weighted by Gasteiger charge is 2.29. The molecule has 3 nitrogen and oxygen atoms in total. The summed E-state index contributed by atoms with van der Waals surface area (Å²) in [7, 11) is 1.83. The van der Waals surface area contributed by atoms with E-state index in [9.17, 15) is 9.18 Å². The second kappa shape index (κ2) is 7.04. The van der Waals surface area contributed by atoms with E-state index < -0.39 is 0 Å². The van der Waals surface area contributed by atoms with Gasteiger partial charge in [0.25, 0.3) is 0 Å². The number of likely N-dealkylation sites (tertiary alicyclic amines) is 1. The summed E-state index contributed by atoms with van der Waals surface area (Å²) in [4.78, 5) is 14.0. The van der Waals surface area contributed by atoms with Crippen molar-refractivity contribution in [1.29, 1.82) is 0 Å². The Morgan fingerprint density at radius 3 is 3.05 bits per heavy atom. The Labute approximate surface area is 124 Å². The number of rotatable bonds is 5. The fourth-order valence-corrected chi connectivity index (χ4v) is 2.95. The van der Waals surface area contributed by atoms with Crippen LogP contribution in [0.3, 0.4) is 0 Å². The zero-order valence-corrected chi connectivity index (χ0v) is 12.4. The van der Waals surface area contributed by atoms with Gasteiger partial charge in [-0.3, -0.25) is 4.79 Å². The van der Waals surface area contributed by atoms with Gasteiger partial charge in [0.15, 0.2) is 0 Å². The molecule has 1 atom stereocenters. The molecule has 20 heavy (non-hydrogen) atoms. The van der Waals surface area contributed by atoms with Gasteiger partial charge in [0.05, 0.1) is 0 Å². The zero-order valence-electron chi connectivity index (χ0n) is 11.7. The van der Waals surface area contributed by atoms with Crippen LogP contribution in [-0.4, -0.2) is 37.0 Å². The second-order valence-electron chi connectivity index (χ2n) is 5.14. The van der Waals surface area contributed by atoms with Gasteiger partial charge in [-0.25, -0.2) is 4.39 Å². The highest BCUT2D eigenvalue weighted by atomic mass is 35.5. The van der Waals surface area contributed by atoms with Gasteiger partial charge < -0.3 is 10.2 Å². The summed E-state index contributed by atoms with van der Waals surface area (Å²) in [5.74, 6) is -0.152. The normalized spacial score (nSPS) is 18.6. The molecule has 0 aliphatic carbocycles. The summed E-state index contributed by atoms with van der Waals surface area (Å²) >= 11 is 6.07. The molecule has 0 saturated carbocycles. The van der Waals surface area contributed by atoms with Crippen LogP contribution in [0.1, 0.15) is 24.8 Å². The maximum Gasteiger partial charge on any atom is 0.224 e. The highest BCUT2D eigenvalue weighted by molar-refractivity contribution is 6.31. The van der Waals surface area contributed by atoms with E-state index in [0.717, 1.165) is 19.4 Å². The molecule has 2 rings (SSSR count). The molecule has 1 N–H and O–H groups in total. The first-order valence-electron chi connectivity index (χ1n) is 7.00. The molecule has 1 amide bonds. The number of carbonyl (C=O) groups excluding carboxylic acids is 1. The summed E-state index contributed by atoms with van der Waals surface area (Å²) in [6, 6.07) is 4.78. The largest absolute Gasteiger partial charge is 0.339 e. The van der Waals surface area contributed by atoms with Crippen LogP contribution in [0.15, 0.2) is 18.2 Å². The third-order valence-corrected chi connectivity index (χ3v) is 4.14. The minimum Gasteiger partial charge on any atom is -0.339 e. The molecular formula is C15H20ClFN2O. The van der Waals surface area contributed by atoms with E-state index in [4.69, 9.17) is 11.6 Å². The third-order valence-electron chi connectivity index (χ3n) is 3.79. The number of hydrogen-bond donors (Lipinski definition) is 1. The van der Waals surface area contributed by atoms with Crippen molar-refractivity contribution in [2.45, 2.75) is 31.7 Å².